The van der Waals surface area contributed by atoms with Crippen molar-refractivity contribution < 1.29 is 9.66 Å². The molecule has 1 N–H and O–H groups in total. The summed E-state index contributed by atoms with van der Waals surface area (Å²) >= 11 is 0. The second kappa shape index (κ2) is 6.43. The molecule has 0 radical (unpaired) electrons. The van der Waals surface area contributed by atoms with Gasteiger partial charge in [-0.25, -0.2) is 0 Å². The summed E-state index contributed by atoms with van der Waals surface area (Å²) < 4.78 is 5.96. The van der Waals surface area contributed by atoms with Crippen LogP contribution in [0.3, 0.4) is 0 Å². The van der Waals surface area contributed by atoms with Crippen molar-refractivity contribution in [1.29, 1.82) is 0 Å². The Morgan fingerprint density at radius 2 is 2.14 bits per heavy atom. The molecule has 1 heterocycles. The second-order valence-corrected chi connectivity index (χ2v) is 5.85. The summed E-state index contributed by atoms with van der Waals surface area (Å²) in [5.41, 5.74) is 1.69. The molecule has 1 aromatic rings. The fourth-order valence-corrected chi connectivity index (χ4v) is 3.04. The van der Waals surface area contributed by atoms with E-state index >= 15 is 0 Å². The highest BCUT2D eigenvalue weighted by Gasteiger charge is 2.35. The number of rotatable bonds is 5. The van der Waals surface area contributed by atoms with Gasteiger partial charge in [0.25, 0.3) is 5.69 Å². The quantitative estimate of drug-likeness (QED) is 0.656. The van der Waals surface area contributed by atoms with E-state index in [2.05, 4.69) is 19.2 Å². The highest BCUT2D eigenvalue weighted by Crippen LogP contribution is 2.34. The maximum atomic E-state index is 11.2. The Hall–Kier alpha value is -1.62. The van der Waals surface area contributed by atoms with Crippen LogP contribution < -0.4 is 5.32 Å². The maximum absolute atomic E-state index is 11.2. The van der Waals surface area contributed by atoms with Crippen molar-refractivity contribution in [3.8, 4) is 0 Å². The molecule has 0 bridgehead atoms. The number of nitro benzene ring substituents is 1. The van der Waals surface area contributed by atoms with Crippen molar-refractivity contribution in [3.05, 3.63) is 33.9 Å². The SMILES string of the molecule is CCC1(CC)CC(Nc2cc(C)ccc2[N+](=O)[O-])CCO1. The minimum absolute atomic E-state index is 0.0888. The van der Waals surface area contributed by atoms with Gasteiger partial charge < -0.3 is 10.1 Å². The number of ether oxygens (including phenoxy) is 1. The Labute approximate surface area is 125 Å². The molecule has 1 atom stereocenters. The number of nitrogens with zero attached hydrogens (tertiary/aromatic N) is 1. The second-order valence-electron chi connectivity index (χ2n) is 5.85. The van der Waals surface area contributed by atoms with Crippen LogP contribution in [0.4, 0.5) is 11.4 Å². The van der Waals surface area contributed by atoms with Gasteiger partial charge in [-0.2, -0.15) is 0 Å². The van der Waals surface area contributed by atoms with Gasteiger partial charge in [0.2, 0.25) is 0 Å². The molecule has 21 heavy (non-hydrogen) atoms. The zero-order chi connectivity index (χ0) is 15.5. The molecule has 1 aliphatic rings. The lowest BCUT2D eigenvalue weighted by Crippen LogP contribution is -2.43. The molecule has 116 valence electrons. The van der Waals surface area contributed by atoms with Crippen molar-refractivity contribution in [3.63, 3.8) is 0 Å². The van der Waals surface area contributed by atoms with E-state index in [0.29, 0.717) is 12.3 Å². The third-order valence-electron chi connectivity index (χ3n) is 4.49. The van der Waals surface area contributed by atoms with Gasteiger partial charge in [-0.1, -0.05) is 19.9 Å². The Bertz CT molecular complexity index is 512. The molecule has 1 fully saturated rings. The number of hydrogen-bond acceptors (Lipinski definition) is 4. The van der Waals surface area contributed by atoms with Gasteiger partial charge in [0.05, 0.1) is 10.5 Å². The van der Waals surface area contributed by atoms with Gasteiger partial charge >= 0.3 is 0 Å². The fourth-order valence-electron chi connectivity index (χ4n) is 3.04. The molecule has 5 heteroatoms. The third-order valence-corrected chi connectivity index (χ3v) is 4.49. The fraction of sp³-hybridized carbons (Fsp3) is 0.625. The van der Waals surface area contributed by atoms with Crippen LogP contribution in [0.15, 0.2) is 18.2 Å². The van der Waals surface area contributed by atoms with Crippen molar-refractivity contribution in [2.75, 3.05) is 11.9 Å². The van der Waals surface area contributed by atoms with Gasteiger partial charge in [0, 0.05) is 18.7 Å². The van der Waals surface area contributed by atoms with E-state index in [4.69, 9.17) is 4.74 Å². The van der Waals surface area contributed by atoms with E-state index in [0.717, 1.165) is 31.2 Å². The van der Waals surface area contributed by atoms with Gasteiger partial charge in [-0.15, -0.1) is 0 Å². The predicted molar refractivity (Wildman–Crippen MR) is 83.7 cm³/mol. The van der Waals surface area contributed by atoms with Crippen molar-refractivity contribution in [2.24, 2.45) is 0 Å². The topological polar surface area (TPSA) is 64.4 Å². The highest BCUT2D eigenvalue weighted by molar-refractivity contribution is 5.63. The first kappa shape index (κ1) is 15.8. The van der Waals surface area contributed by atoms with Crippen LogP contribution in [0.2, 0.25) is 0 Å². The molecular weight excluding hydrogens is 268 g/mol. The van der Waals surface area contributed by atoms with E-state index < -0.39 is 0 Å². The van der Waals surface area contributed by atoms with E-state index in [1.807, 2.05) is 13.0 Å². The first-order chi connectivity index (χ1) is 9.99. The molecule has 0 spiro atoms. The Balaban J connectivity index is 2.18. The van der Waals surface area contributed by atoms with E-state index in [9.17, 15) is 10.1 Å². The lowest BCUT2D eigenvalue weighted by atomic mass is 9.86. The van der Waals surface area contributed by atoms with E-state index in [1.54, 1.807) is 12.1 Å². The summed E-state index contributed by atoms with van der Waals surface area (Å²) in [4.78, 5) is 10.8. The molecule has 0 amide bonds. The Morgan fingerprint density at radius 1 is 1.43 bits per heavy atom. The third kappa shape index (κ3) is 3.53. The first-order valence-corrected chi connectivity index (χ1v) is 7.65. The van der Waals surface area contributed by atoms with Crippen molar-refractivity contribution in [2.45, 2.75) is 58.1 Å². The highest BCUT2D eigenvalue weighted by atomic mass is 16.6. The maximum Gasteiger partial charge on any atom is 0.292 e. The van der Waals surface area contributed by atoms with Crippen LogP contribution in [0.25, 0.3) is 0 Å². The molecule has 1 unspecified atom stereocenters. The normalized spacial score (nSPS) is 21.0. The molecular formula is C16H24N2O3. The molecule has 2 rings (SSSR count). The Kier molecular flexibility index (Phi) is 4.83. The van der Waals surface area contributed by atoms with Crippen molar-refractivity contribution in [1.82, 2.24) is 0 Å². The number of aryl methyl sites for hydroxylation is 1. The smallest absolute Gasteiger partial charge is 0.292 e. The van der Waals surface area contributed by atoms with E-state index in [-0.39, 0.29) is 22.3 Å². The van der Waals surface area contributed by atoms with Gasteiger partial charge in [0.1, 0.15) is 5.69 Å². The summed E-state index contributed by atoms with van der Waals surface area (Å²) in [6.45, 7) is 6.93. The lowest BCUT2D eigenvalue weighted by Gasteiger charge is -2.40. The monoisotopic (exact) mass is 292 g/mol. The zero-order valence-electron chi connectivity index (χ0n) is 13.0. The number of benzene rings is 1. The van der Waals surface area contributed by atoms with Gasteiger partial charge in [0.15, 0.2) is 0 Å². The van der Waals surface area contributed by atoms with Crippen LogP contribution >= 0.6 is 0 Å². The number of hydrogen-bond donors (Lipinski definition) is 1. The number of anilines is 1. The predicted octanol–water partition coefficient (Wildman–Crippen LogP) is 4.05. The number of nitro groups is 1. The average Bonchev–Trinajstić information content (AvgIpc) is 2.47. The minimum atomic E-state index is -0.325. The summed E-state index contributed by atoms with van der Waals surface area (Å²) in [5.74, 6) is 0. The molecule has 1 aromatic carbocycles. The van der Waals surface area contributed by atoms with E-state index in [1.165, 1.54) is 0 Å². The van der Waals surface area contributed by atoms with Crippen molar-refractivity contribution >= 4 is 11.4 Å². The summed E-state index contributed by atoms with van der Waals surface area (Å²) in [7, 11) is 0. The van der Waals surface area contributed by atoms with Gasteiger partial charge in [-0.3, -0.25) is 10.1 Å². The molecule has 0 aromatic heterocycles. The van der Waals surface area contributed by atoms with Crippen LogP contribution in [0.1, 0.15) is 45.1 Å². The number of nitrogens with one attached hydrogen (secondary N) is 1. The summed E-state index contributed by atoms with van der Waals surface area (Å²) in [5, 5.41) is 14.5. The standard InChI is InChI=1S/C16H24N2O3/c1-4-16(5-2)11-13(8-9-21-16)17-14-10-12(3)6-7-15(14)18(19)20/h6-7,10,13,17H,4-5,8-9,11H2,1-3H3. The zero-order valence-corrected chi connectivity index (χ0v) is 13.0. The molecule has 5 nitrogen and oxygen atoms in total. The summed E-state index contributed by atoms with van der Waals surface area (Å²) in [6.07, 6.45) is 3.72. The molecule has 1 saturated heterocycles. The minimum Gasteiger partial charge on any atom is -0.377 e. The first-order valence-electron chi connectivity index (χ1n) is 7.65. The van der Waals surface area contributed by atoms with Gasteiger partial charge in [-0.05, 0) is 44.2 Å². The van der Waals surface area contributed by atoms with Crippen LogP contribution in [0.5, 0.6) is 0 Å². The van der Waals surface area contributed by atoms with Crippen LogP contribution in [-0.2, 0) is 4.74 Å². The lowest BCUT2D eigenvalue weighted by molar-refractivity contribution is -0.384. The molecule has 1 aliphatic heterocycles. The Morgan fingerprint density at radius 3 is 2.76 bits per heavy atom. The molecule has 0 saturated carbocycles. The summed E-state index contributed by atoms with van der Waals surface area (Å²) in [6, 6.07) is 5.42. The van der Waals surface area contributed by atoms with Crippen LogP contribution in [0, 0.1) is 17.0 Å². The largest absolute Gasteiger partial charge is 0.377 e. The average molecular weight is 292 g/mol. The molecule has 0 aliphatic carbocycles. The van der Waals surface area contributed by atoms with Crippen LogP contribution in [-0.4, -0.2) is 23.2 Å².